The first-order chi connectivity index (χ1) is 41.8. The van der Waals surface area contributed by atoms with Crippen LogP contribution in [0.4, 0.5) is 0 Å². The Morgan fingerprint density at radius 2 is 1.39 bits per heavy atom. The number of benzene rings is 1. The van der Waals surface area contributed by atoms with Crippen LogP contribution in [0.15, 0.2) is 30.3 Å². The summed E-state index contributed by atoms with van der Waals surface area (Å²) in [6.45, 7) is 38.8. The van der Waals surface area contributed by atoms with Crippen LogP contribution in [-0.2, 0) is 57.5 Å². The monoisotopic (exact) mass is 1240 g/mol. The molecule has 0 radical (unpaired) electrons. The number of imide groups is 1. The number of likely N-dealkylation sites (tertiary alicyclic amines) is 2. The number of hydrogen-bond donors (Lipinski definition) is 4. The number of hydrogen-bond acceptors (Lipinski definition) is 13. The van der Waals surface area contributed by atoms with E-state index in [1.807, 2.05) is 77.0 Å². The number of carbonyl (C=O) groups is 9. The van der Waals surface area contributed by atoms with Crippen LogP contribution in [0, 0.1) is 41.4 Å². The quantitative estimate of drug-likeness (QED) is 0.0253. The van der Waals surface area contributed by atoms with Crippen LogP contribution in [0.2, 0.25) is 0 Å². The van der Waals surface area contributed by atoms with Crippen molar-refractivity contribution in [3.63, 3.8) is 0 Å². The number of amides is 8. The van der Waals surface area contributed by atoms with Gasteiger partial charge in [-0.15, -0.1) is 0 Å². The largest absolute Gasteiger partial charge is 0.381 e. The van der Waals surface area contributed by atoms with E-state index in [4.69, 9.17) is 14.3 Å². The molecular weight excluding hydrogens is 1120 g/mol. The second-order valence-corrected chi connectivity index (χ2v) is 24.5. The normalized spacial score (nSPS) is 20.8. The lowest BCUT2D eigenvalue weighted by Gasteiger charge is -2.30. The molecule has 4 N–H and O–H groups in total. The number of hydrazine groups is 1. The predicted octanol–water partition coefficient (Wildman–Crippen LogP) is 10.1. The topological polar surface area (TPSA) is 242 Å². The van der Waals surface area contributed by atoms with Crippen molar-refractivity contribution in [1.82, 2.24) is 41.2 Å². The van der Waals surface area contributed by atoms with Crippen molar-refractivity contribution >= 4 is 54.5 Å². The Bertz CT molecular complexity index is 2090. The summed E-state index contributed by atoms with van der Waals surface area (Å²) in [5.41, 5.74) is 5.13. The minimum Gasteiger partial charge on any atom is -0.381 e. The highest BCUT2D eigenvalue weighted by atomic mass is 16.7. The molecule has 508 valence electrons. The third kappa shape index (κ3) is 30.5. The summed E-state index contributed by atoms with van der Waals surface area (Å²) in [5.74, 6) is 1.80. The zero-order valence-corrected chi connectivity index (χ0v) is 58.4. The van der Waals surface area contributed by atoms with Gasteiger partial charge in [0.2, 0.25) is 42.9 Å². The average molecular weight is 1250 g/mol. The highest BCUT2D eigenvalue weighted by molar-refractivity contribution is 6.03. The van der Waals surface area contributed by atoms with E-state index in [-0.39, 0.29) is 71.6 Å². The molecule has 3 aliphatic heterocycles. The fourth-order valence-corrected chi connectivity index (χ4v) is 11.0. The number of nitrogens with zero attached hydrogens (tertiary/aromatic N) is 4. The number of rotatable bonds is 29. The third-order valence-electron chi connectivity index (χ3n) is 17.0. The highest BCUT2D eigenvalue weighted by Crippen LogP contribution is 2.58. The summed E-state index contributed by atoms with van der Waals surface area (Å²) in [4.78, 5) is 113. The Hall–Kier alpha value is -5.31. The van der Waals surface area contributed by atoms with Gasteiger partial charge in [0, 0.05) is 71.0 Å². The number of unbranched alkanes of at least 4 members (excludes halogenated alkanes) is 2. The lowest BCUT2D eigenvalue weighted by molar-refractivity contribution is -0.200. The molecule has 4 fully saturated rings. The van der Waals surface area contributed by atoms with Crippen LogP contribution < -0.4 is 21.5 Å². The van der Waals surface area contributed by atoms with Gasteiger partial charge in [-0.25, -0.2) is 5.06 Å². The summed E-state index contributed by atoms with van der Waals surface area (Å²) in [6.07, 6.45) is 14.2. The maximum atomic E-state index is 12.8. The molecule has 20 nitrogen and oxygen atoms in total. The van der Waals surface area contributed by atoms with Gasteiger partial charge in [0.15, 0.2) is 0 Å². The molecule has 8 amide bonds. The molecule has 20 heteroatoms. The minimum atomic E-state index is -0.861. The van der Waals surface area contributed by atoms with Crippen LogP contribution in [0.1, 0.15) is 219 Å². The smallest absolute Gasteiger partial charge is 0.272 e. The first kappa shape index (κ1) is 84.8. The van der Waals surface area contributed by atoms with Gasteiger partial charge in [-0.1, -0.05) is 153 Å². The van der Waals surface area contributed by atoms with Crippen molar-refractivity contribution < 1.29 is 57.5 Å². The maximum absolute atomic E-state index is 12.8. The zero-order valence-electron chi connectivity index (χ0n) is 58.4. The van der Waals surface area contributed by atoms with Crippen LogP contribution in [-0.4, -0.2) is 165 Å². The molecule has 1 aromatic rings. The van der Waals surface area contributed by atoms with Crippen molar-refractivity contribution in [3.8, 4) is 0 Å². The number of methoxy groups -OCH3 is 2. The van der Waals surface area contributed by atoms with Gasteiger partial charge in [-0.3, -0.25) is 63.7 Å². The molecule has 1 aliphatic carbocycles. The van der Waals surface area contributed by atoms with Crippen molar-refractivity contribution in [2.75, 3.05) is 60.6 Å². The van der Waals surface area contributed by atoms with Crippen LogP contribution in [0.25, 0.3) is 0 Å². The Morgan fingerprint density at radius 1 is 0.784 bits per heavy atom. The number of ketones is 1. The van der Waals surface area contributed by atoms with E-state index in [0.717, 1.165) is 75.9 Å². The van der Waals surface area contributed by atoms with Gasteiger partial charge in [-0.2, -0.15) is 0 Å². The molecule has 5 rings (SSSR count). The summed E-state index contributed by atoms with van der Waals surface area (Å²) in [5, 5.41) is 6.42. The molecule has 3 saturated heterocycles. The third-order valence-corrected chi connectivity index (χ3v) is 17.0. The SMILES string of the molecule is CC.CC(=O)CNC=O.CC(C)C1CC(=O)N(CCCCCC(=O)NNC(=O)CCCN(C)C(C)C(C)C)C1=O.CC1C(c2ccccc2)C1(NC=O)C(=O)N1CCCCO1.CCC.CCC(C)C(C)C(CC)OC.COC(C(C)C)C1CCCN1C=O. The number of nitrogens with one attached hydrogen (secondary N) is 4. The Labute approximate surface area is 532 Å². The lowest BCUT2D eigenvalue weighted by Crippen LogP contribution is -2.51. The van der Waals surface area contributed by atoms with Crippen molar-refractivity contribution in [1.29, 1.82) is 0 Å². The Morgan fingerprint density at radius 3 is 1.83 bits per heavy atom. The van der Waals surface area contributed by atoms with Crippen LogP contribution >= 0.6 is 0 Å². The first-order valence-corrected chi connectivity index (χ1v) is 33.1. The average Bonchev–Trinajstić information content (AvgIpc) is 1.74. The first-order valence-electron chi connectivity index (χ1n) is 33.1. The molecule has 3 heterocycles. The molecule has 0 spiro atoms. The fourth-order valence-electron chi connectivity index (χ4n) is 11.0. The number of carbonyl (C=O) groups excluding carboxylic acids is 9. The molecule has 1 saturated carbocycles. The summed E-state index contributed by atoms with van der Waals surface area (Å²) >= 11 is 0. The summed E-state index contributed by atoms with van der Waals surface area (Å²) in [6, 6.07) is 10.6. The van der Waals surface area contributed by atoms with Gasteiger partial charge in [-0.05, 0) is 120 Å². The molecule has 88 heavy (non-hydrogen) atoms. The molecule has 10 unspecified atom stereocenters. The lowest BCUT2D eigenvalue weighted by atomic mass is 9.88. The summed E-state index contributed by atoms with van der Waals surface area (Å²) < 4.78 is 10.8. The van der Waals surface area contributed by atoms with E-state index in [0.29, 0.717) is 101 Å². The van der Waals surface area contributed by atoms with Crippen molar-refractivity contribution in [2.45, 2.75) is 243 Å². The molecule has 0 aromatic heterocycles. The Balaban J connectivity index is 0. The van der Waals surface area contributed by atoms with E-state index in [9.17, 15) is 43.2 Å². The van der Waals surface area contributed by atoms with Crippen molar-refractivity contribution in [3.05, 3.63) is 35.9 Å². The van der Waals surface area contributed by atoms with E-state index in [1.54, 1.807) is 7.11 Å². The standard InChI is InChI=1S/C23H42N4O4.C16H20N2O3.C10H19NO2.C10H22O.C4H7NO2.C3H8.C2H6/c1-16(2)18(5)26(6)13-10-12-21(29)25-24-20(28)11-8-7-9-14-27-22(30)15-19(17(3)4)23(27)31;1-12-14(13-7-3-2-4-8-13)16(12,17-11-19)15(20)18-9-5-6-10-21-18;1-8(2)10(13-3)9-5-4-6-11(9)7-12;1-6-8(3)9(4)10(7-2)11-5;1-4(7)2-5-3-6;1-3-2;1-2/h16-19H,7-15H2,1-6H3,(H,24,28)(H,25,29);2-4,7-8,11-12,14H,5-6,9-10H2,1H3,(H,17,19);7-10H,4-6H2,1-3H3;8-10H,6-7H2,1-5H3;3H,2H2,1H3,(H,5,6);3H2,1-2H3;1-2H3. The van der Waals surface area contributed by atoms with E-state index >= 15 is 0 Å². The molecule has 4 aliphatic rings. The van der Waals surface area contributed by atoms with Gasteiger partial charge in [0.05, 0.1) is 31.4 Å². The summed E-state index contributed by atoms with van der Waals surface area (Å²) in [7, 11) is 5.60. The molecule has 10 atom stereocenters. The van der Waals surface area contributed by atoms with E-state index in [1.165, 1.54) is 29.7 Å². The predicted molar refractivity (Wildman–Crippen MR) is 351 cm³/mol. The fraction of sp³-hybridized carbons (Fsp3) is 0.779. The van der Waals surface area contributed by atoms with E-state index in [2.05, 4.69) is 110 Å². The van der Waals surface area contributed by atoms with Gasteiger partial charge in [0.1, 0.15) is 11.3 Å². The van der Waals surface area contributed by atoms with Crippen molar-refractivity contribution in [2.24, 2.45) is 41.4 Å². The highest BCUT2D eigenvalue weighted by Gasteiger charge is 2.69. The number of ether oxygens (including phenoxy) is 2. The molecule has 1 aromatic carbocycles. The second-order valence-electron chi connectivity index (χ2n) is 24.5. The second kappa shape index (κ2) is 48.5. The van der Waals surface area contributed by atoms with E-state index < -0.39 is 5.54 Å². The number of Topliss-reactive ketones (excluding diaryl/α,β-unsaturated/α-hetero) is 1. The number of hydroxylamine groups is 2. The maximum Gasteiger partial charge on any atom is 0.272 e. The molecular formula is C68H124N8O12. The molecule has 0 bridgehead atoms. The van der Waals surface area contributed by atoms with Crippen LogP contribution in [0.5, 0.6) is 0 Å². The Kier molecular flexibility index (Phi) is 46.7. The van der Waals surface area contributed by atoms with Gasteiger partial charge < -0.3 is 29.9 Å². The van der Waals surface area contributed by atoms with Gasteiger partial charge >= 0.3 is 0 Å². The minimum absolute atomic E-state index is 0.00178. The van der Waals surface area contributed by atoms with Gasteiger partial charge in [0.25, 0.3) is 5.91 Å². The van der Waals surface area contributed by atoms with Crippen LogP contribution in [0.3, 0.4) is 0 Å². The zero-order chi connectivity index (χ0) is 67.5.